The third kappa shape index (κ3) is 4.55. The maximum Gasteiger partial charge on any atom is 0.342 e. The maximum absolute atomic E-state index is 13.1. The monoisotopic (exact) mass is 455 g/mol. The van der Waals surface area contributed by atoms with E-state index in [2.05, 4.69) is 72.8 Å². The molecule has 4 aromatic rings. The highest BCUT2D eigenvalue weighted by Crippen LogP contribution is 2.58. The van der Waals surface area contributed by atoms with Gasteiger partial charge in [-0.05, 0) is 49.4 Å². The smallest absolute Gasteiger partial charge is 0.342 e. The maximum atomic E-state index is 13.1. The molecule has 0 saturated heterocycles. The lowest BCUT2D eigenvalue weighted by Gasteiger charge is -2.28. The van der Waals surface area contributed by atoms with Crippen molar-refractivity contribution in [2.45, 2.75) is 13.1 Å². The molecule has 4 aromatic carbocycles. The Bertz CT molecular complexity index is 1090. The van der Waals surface area contributed by atoms with Crippen molar-refractivity contribution >= 4 is 29.1 Å². The number of ether oxygens (including phenoxy) is 2. The van der Waals surface area contributed by atoms with E-state index in [-0.39, 0.29) is 5.97 Å². The predicted octanol–water partition coefficient (Wildman–Crippen LogP) is 5.37. The molecule has 0 N–H and O–H groups in total. The van der Waals surface area contributed by atoms with Gasteiger partial charge in [0.25, 0.3) is 0 Å². The average Bonchev–Trinajstić information content (AvgIpc) is 2.88. The van der Waals surface area contributed by atoms with E-state index in [0.717, 1.165) is 5.56 Å². The average molecular weight is 456 g/mol. The van der Waals surface area contributed by atoms with Gasteiger partial charge in [-0.25, -0.2) is 4.79 Å². The van der Waals surface area contributed by atoms with Crippen LogP contribution in [0.25, 0.3) is 0 Å². The third-order valence-corrected chi connectivity index (χ3v) is 10.2. The minimum atomic E-state index is -2.15. The number of carbonyl (C=O) groups excluding carboxylic acids is 1. The fraction of sp³-hybridized carbons (Fsp3) is 0.138. The number of benzene rings is 4. The lowest BCUT2D eigenvalue weighted by atomic mass is 10.1. The van der Waals surface area contributed by atoms with Crippen molar-refractivity contribution in [3.05, 3.63) is 120 Å². The second-order valence-electron chi connectivity index (χ2n) is 7.69. The van der Waals surface area contributed by atoms with Crippen molar-refractivity contribution in [2.75, 3.05) is 13.7 Å². The summed E-state index contributed by atoms with van der Waals surface area (Å²) in [6.45, 7) is 2.13. The molecule has 0 aliphatic rings. The summed E-state index contributed by atoms with van der Waals surface area (Å²) in [7, 11) is -0.561. The third-order valence-electron chi connectivity index (χ3n) is 5.81. The van der Waals surface area contributed by atoms with Crippen LogP contribution in [0.2, 0.25) is 0 Å². The van der Waals surface area contributed by atoms with E-state index in [9.17, 15) is 4.79 Å². The molecule has 0 unspecified atom stereocenters. The predicted molar refractivity (Wildman–Crippen MR) is 138 cm³/mol. The van der Waals surface area contributed by atoms with Crippen LogP contribution < -0.4 is 20.7 Å². The van der Waals surface area contributed by atoms with Crippen LogP contribution in [0.4, 0.5) is 0 Å². The molecule has 4 heteroatoms. The number of hydrogen-bond donors (Lipinski definition) is 0. The number of esters is 1. The summed E-state index contributed by atoms with van der Waals surface area (Å²) in [6.07, 6.45) is 0.677. The topological polar surface area (TPSA) is 35.5 Å². The summed E-state index contributed by atoms with van der Waals surface area (Å²) in [5.41, 5.74) is 1.44. The van der Waals surface area contributed by atoms with Gasteiger partial charge < -0.3 is 9.47 Å². The first-order valence-electron chi connectivity index (χ1n) is 11.1. The van der Waals surface area contributed by atoms with Crippen molar-refractivity contribution in [3.63, 3.8) is 0 Å². The summed E-state index contributed by atoms with van der Waals surface area (Å²) in [5.74, 6) is 0.190. The fourth-order valence-electron chi connectivity index (χ4n) is 4.34. The van der Waals surface area contributed by atoms with Crippen molar-refractivity contribution in [3.8, 4) is 5.75 Å². The van der Waals surface area contributed by atoms with Gasteiger partial charge >= 0.3 is 5.97 Å². The quantitative estimate of drug-likeness (QED) is 0.265. The summed E-state index contributed by atoms with van der Waals surface area (Å²) >= 11 is 0. The van der Waals surface area contributed by atoms with E-state index in [4.69, 9.17) is 9.47 Å². The minimum Gasteiger partial charge on any atom is -0.496 e. The summed E-state index contributed by atoms with van der Waals surface area (Å²) in [5, 5.41) is 3.79. The molecule has 0 aliphatic carbocycles. The molecule has 0 heterocycles. The van der Waals surface area contributed by atoms with E-state index < -0.39 is 7.26 Å². The highest BCUT2D eigenvalue weighted by molar-refractivity contribution is 7.95. The minimum absolute atomic E-state index is 0.312. The zero-order valence-corrected chi connectivity index (χ0v) is 19.9. The van der Waals surface area contributed by atoms with E-state index >= 15 is 0 Å². The van der Waals surface area contributed by atoms with Crippen LogP contribution in [0.1, 0.15) is 22.8 Å². The molecule has 0 bridgehead atoms. The fourth-order valence-corrected chi connectivity index (χ4v) is 8.60. The molecule has 4 rings (SSSR count). The first-order valence-corrected chi connectivity index (χ1v) is 13.1. The van der Waals surface area contributed by atoms with Crippen molar-refractivity contribution in [1.82, 2.24) is 0 Å². The number of hydrogen-bond acceptors (Lipinski definition) is 3. The van der Waals surface area contributed by atoms with Gasteiger partial charge in [-0.2, -0.15) is 0 Å². The molecule has 0 atom stereocenters. The Balaban J connectivity index is 2.01. The van der Waals surface area contributed by atoms with Crippen LogP contribution in [0.15, 0.2) is 109 Å². The van der Waals surface area contributed by atoms with Gasteiger partial charge in [-0.1, -0.05) is 66.7 Å². The Morgan fingerprint density at radius 3 is 1.61 bits per heavy atom. The Labute approximate surface area is 196 Å². The lowest BCUT2D eigenvalue weighted by molar-refractivity contribution is 0.0521. The van der Waals surface area contributed by atoms with Gasteiger partial charge in [0, 0.05) is 5.56 Å². The van der Waals surface area contributed by atoms with Crippen LogP contribution in [0, 0.1) is 0 Å². The van der Waals surface area contributed by atoms with Crippen molar-refractivity contribution < 1.29 is 14.3 Å². The largest absolute Gasteiger partial charge is 0.496 e. The SMILES string of the molecule is CCOC(=O)c1c(C[P+](c2ccccc2)(c2ccccc2)c2ccccc2)cccc1OC. The zero-order valence-electron chi connectivity index (χ0n) is 19.0. The molecule has 166 valence electrons. The molecular formula is C29H28O3P+. The summed E-state index contributed by atoms with van der Waals surface area (Å²) < 4.78 is 11.0. The number of methoxy groups -OCH3 is 1. The Morgan fingerprint density at radius 2 is 1.18 bits per heavy atom. The van der Waals surface area contributed by atoms with Crippen molar-refractivity contribution in [1.29, 1.82) is 0 Å². The van der Waals surface area contributed by atoms with E-state index in [1.165, 1.54) is 15.9 Å². The van der Waals surface area contributed by atoms with E-state index in [1.54, 1.807) is 7.11 Å². The Morgan fingerprint density at radius 1 is 0.697 bits per heavy atom. The summed E-state index contributed by atoms with van der Waals surface area (Å²) in [6, 6.07) is 37.7. The highest BCUT2D eigenvalue weighted by Gasteiger charge is 2.46. The van der Waals surface area contributed by atoms with Gasteiger partial charge in [-0.15, -0.1) is 0 Å². The summed E-state index contributed by atoms with van der Waals surface area (Å²) in [4.78, 5) is 13.1. The molecule has 33 heavy (non-hydrogen) atoms. The zero-order chi connectivity index (χ0) is 23.1. The normalized spacial score (nSPS) is 11.1. The van der Waals surface area contributed by atoms with E-state index in [1.807, 2.05) is 43.3 Å². The molecule has 0 spiro atoms. The standard InChI is InChI=1S/C29H28O3P/c1-3-32-29(30)28-23(14-13-21-27(28)31-2)22-33(24-15-7-4-8-16-24,25-17-9-5-10-18-25)26-19-11-6-12-20-26/h4-21H,3,22H2,1-2H3/q+1. The molecule has 0 amide bonds. The second-order valence-corrected chi connectivity index (χ2v) is 11.2. The number of rotatable bonds is 8. The Hall–Kier alpha value is -3.42. The van der Waals surface area contributed by atoms with Crippen molar-refractivity contribution in [2.24, 2.45) is 0 Å². The van der Waals surface area contributed by atoms with Crippen LogP contribution in [-0.4, -0.2) is 19.7 Å². The first kappa shape index (κ1) is 22.8. The second kappa shape index (κ2) is 10.5. The van der Waals surface area contributed by atoms with E-state index in [0.29, 0.717) is 24.1 Å². The van der Waals surface area contributed by atoms with Crippen LogP contribution >= 0.6 is 7.26 Å². The van der Waals surface area contributed by atoms with Crippen LogP contribution in [0.5, 0.6) is 5.75 Å². The lowest BCUT2D eigenvalue weighted by Crippen LogP contribution is -2.33. The Kier molecular flexibility index (Phi) is 7.22. The van der Waals surface area contributed by atoms with Gasteiger partial charge in [0.1, 0.15) is 34.5 Å². The van der Waals surface area contributed by atoms with Crippen LogP contribution in [0.3, 0.4) is 0 Å². The molecule has 0 aliphatic heterocycles. The highest BCUT2D eigenvalue weighted by atomic mass is 31.2. The van der Waals surface area contributed by atoms with Gasteiger partial charge in [0.2, 0.25) is 0 Å². The van der Waals surface area contributed by atoms with Gasteiger partial charge in [0.05, 0.1) is 19.9 Å². The van der Waals surface area contributed by atoms with Gasteiger partial charge in [0.15, 0.2) is 0 Å². The molecule has 0 radical (unpaired) electrons. The first-order chi connectivity index (χ1) is 16.2. The van der Waals surface area contributed by atoms with Gasteiger partial charge in [-0.3, -0.25) is 0 Å². The molecule has 0 saturated carbocycles. The molecular weight excluding hydrogens is 427 g/mol. The molecule has 0 fully saturated rings. The number of carbonyl (C=O) groups is 1. The molecule has 3 nitrogen and oxygen atoms in total. The van der Waals surface area contributed by atoms with Crippen LogP contribution in [-0.2, 0) is 10.9 Å². The molecule has 0 aromatic heterocycles.